The third-order valence-electron chi connectivity index (χ3n) is 4.74. The molecule has 128 valence electrons. The average molecular weight is 369 g/mol. The Morgan fingerprint density at radius 2 is 1.88 bits per heavy atom. The molecule has 0 saturated heterocycles. The number of aliphatic hydroxyl groups excluding tert-OH is 1. The van der Waals surface area contributed by atoms with Gasteiger partial charge in [-0.05, 0) is 73.2 Å². The van der Waals surface area contributed by atoms with Gasteiger partial charge >= 0.3 is 0 Å². The molecule has 0 aromatic heterocycles. The van der Waals surface area contributed by atoms with Gasteiger partial charge in [0.15, 0.2) is 9.84 Å². The van der Waals surface area contributed by atoms with Gasteiger partial charge in [-0.1, -0.05) is 17.7 Å². The summed E-state index contributed by atoms with van der Waals surface area (Å²) in [6.07, 6.45) is 1.77. The van der Waals surface area contributed by atoms with Crippen molar-refractivity contribution in [2.75, 3.05) is 6.61 Å². The second-order valence-electron chi connectivity index (χ2n) is 6.08. The van der Waals surface area contributed by atoms with Crippen LogP contribution >= 0.6 is 11.6 Å². The summed E-state index contributed by atoms with van der Waals surface area (Å²) in [5.41, 5.74) is 1.30. The third kappa shape index (κ3) is 2.75. The summed E-state index contributed by atoms with van der Waals surface area (Å²) in [4.78, 5) is 0.137. The Morgan fingerprint density at radius 1 is 1.17 bits per heavy atom. The number of aryl methyl sites for hydroxylation is 1. The molecule has 0 spiro atoms. The SMILES string of the molecule is O=S(=O)(c1ccc(Cl)cc1)C1(CCO)CCCc2ccc(F)cc21. The molecule has 0 amide bonds. The zero-order valence-corrected chi connectivity index (χ0v) is 14.6. The molecule has 1 N–H and O–H groups in total. The van der Waals surface area contributed by atoms with E-state index in [4.69, 9.17) is 11.6 Å². The molecule has 1 unspecified atom stereocenters. The van der Waals surface area contributed by atoms with Crippen molar-refractivity contribution in [3.05, 3.63) is 64.4 Å². The molecule has 0 bridgehead atoms. The molecule has 3 nitrogen and oxygen atoms in total. The van der Waals surface area contributed by atoms with Gasteiger partial charge in [0, 0.05) is 11.6 Å². The molecular formula is C18H18ClFO3S. The lowest BCUT2D eigenvalue weighted by atomic mass is 9.80. The van der Waals surface area contributed by atoms with Gasteiger partial charge in [0.25, 0.3) is 0 Å². The first-order valence-electron chi connectivity index (χ1n) is 7.81. The smallest absolute Gasteiger partial charge is 0.188 e. The zero-order chi connectivity index (χ0) is 17.4. The molecule has 6 heteroatoms. The highest BCUT2D eigenvalue weighted by Gasteiger charge is 2.48. The number of rotatable bonds is 4. The van der Waals surface area contributed by atoms with Crippen LogP contribution in [0.3, 0.4) is 0 Å². The first-order valence-corrected chi connectivity index (χ1v) is 9.67. The molecule has 1 aliphatic carbocycles. The third-order valence-corrected chi connectivity index (χ3v) is 7.55. The summed E-state index contributed by atoms with van der Waals surface area (Å²) < 4.78 is 39.3. The van der Waals surface area contributed by atoms with Gasteiger partial charge in [0.05, 0.1) is 4.90 Å². The van der Waals surface area contributed by atoms with E-state index in [1.807, 2.05) is 0 Å². The van der Waals surface area contributed by atoms with Gasteiger partial charge in [-0.3, -0.25) is 0 Å². The van der Waals surface area contributed by atoms with E-state index < -0.39 is 20.4 Å². The molecule has 0 heterocycles. The Bertz CT molecular complexity index is 849. The monoisotopic (exact) mass is 368 g/mol. The Balaban J connectivity index is 2.24. The minimum Gasteiger partial charge on any atom is -0.396 e. The van der Waals surface area contributed by atoms with Gasteiger partial charge in [-0.2, -0.15) is 0 Å². The average Bonchev–Trinajstić information content (AvgIpc) is 2.56. The van der Waals surface area contributed by atoms with Crippen molar-refractivity contribution in [3.8, 4) is 0 Å². The number of aliphatic hydroxyl groups is 1. The molecule has 0 saturated carbocycles. The molecule has 2 aromatic rings. The minimum atomic E-state index is -3.82. The summed E-state index contributed by atoms with van der Waals surface area (Å²) in [6, 6.07) is 10.3. The molecule has 24 heavy (non-hydrogen) atoms. The van der Waals surface area contributed by atoms with Gasteiger partial charge < -0.3 is 5.11 Å². The number of fused-ring (bicyclic) bond motifs is 1. The summed E-state index contributed by atoms with van der Waals surface area (Å²) in [7, 11) is -3.82. The van der Waals surface area contributed by atoms with Crippen molar-refractivity contribution in [2.24, 2.45) is 0 Å². The first-order chi connectivity index (χ1) is 11.4. The van der Waals surface area contributed by atoms with Crippen LogP contribution in [0.4, 0.5) is 4.39 Å². The summed E-state index contributed by atoms with van der Waals surface area (Å²) in [5, 5.41) is 10.00. The lowest BCUT2D eigenvalue weighted by Crippen LogP contribution is -2.40. The summed E-state index contributed by atoms with van der Waals surface area (Å²) in [5.74, 6) is -0.468. The first kappa shape index (κ1) is 17.4. The van der Waals surface area contributed by atoms with Crippen LogP contribution in [-0.2, 0) is 21.0 Å². The van der Waals surface area contributed by atoms with E-state index in [9.17, 15) is 17.9 Å². The lowest BCUT2D eigenvalue weighted by molar-refractivity contribution is 0.255. The van der Waals surface area contributed by atoms with Crippen LogP contribution in [0.15, 0.2) is 47.4 Å². The topological polar surface area (TPSA) is 54.4 Å². The number of halogens is 2. The maximum atomic E-state index is 13.8. The molecular weight excluding hydrogens is 351 g/mol. The molecule has 2 aromatic carbocycles. The zero-order valence-electron chi connectivity index (χ0n) is 13.0. The Morgan fingerprint density at radius 3 is 2.54 bits per heavy atom. The van der Waals surface area contributed by atoms with Crippen LogP contribution in [0.25, 0.3) is 0 Å². The van der Waals surface area contributed by atoms with E-state index in [0.29, 0.717) is 29.8 Å². The second kappa shape index (κ2) is 6.47. The van der Waals surface area contributed by atoms with Crippen molar-refractivity contribution < 1.29 is 17.9 Å². The van der Waals surface area contributed by atoms with Gasteiger partial charge in [-0.15, -0.1) is 0 Å². The predicted molar refractivity (Wildman–Crippen MR) is 91.4 cm³/mol. The maximum Gasteiger partial charge on any atom is 0.188 e. The molecule has 0 radical (unpaired) electrons. The lowest BCUT2D eigenvalue weighted by Gasteiger charge is -2.38. The fourth-order valence-electron chi connectivity index (χ4n) is 3.58. The van der Waals surface area contributed by atoms with Crippen LogP contribution in [0, 0.1) is 5.82 Å². The van der Waals surface area contributed by atoms with E-state index in [-0.39, 0.29) is 17.9 Å². The highest BCUT2D eigenvalue weighted by atomic mass is 35.5. The van der Waals surface area contributed by atoms with Crippen LogP contribution in [0.2, 0.25) is 5.02 Å². The van der Waals surface area contributed by atoms with Crippen LogP contribution in [-0.4, -0.2) is 20.1 Å². The minimum absolute atomic E-state index is 0.0361. The number of sulfone groups is 1. The number of hydrogen-bond acceptors (Lipinski definition) is 3. The number of benzene rings is 2. The second-order valence-corrected chi connectivity index (χ2v) is 8.78. The van der Waals surface area contributed by atoms with Gasteiger partial charge in [0.1, 0.15) is 10.6 Å². The highest BCUT2D eigenvalue weighted by molar-refractivity contribution is 7.92. The quantitative estimate of drug-likeness (QED) is 0.891. The maximum absolute atomic E-state index is 13.8. The van der Waals surface area contributed by atoms with E-state index in [1.54, 1.807) is 6.07 Å². The van der Waals surface area contributed by atoms with E-state index in [0.717, 1.165) is 5.56 Å². The largest absolute Gasteiger partial charge is 0.396 e. The van der Waals surface area contributed by atoms with E-state index in [1.165, 1.54) is 36.4 Å². The summed E-state index contributed by atoms with van der Waals surface area (Å²) >= 11 is 5.86. The highest BCUT2D eigenvalue weighted by Crippen LogP contribution is 2.47. The van der Waals surface area contributed by atoms with Gasteiger partial charge in [0.2, 0.25) is 0 Å². The fourth-order valence-corrected chi connectivity index (χ4v) is 5.91. The molecule has 1 atom stereocenters. The normalized spacial score (nSPS) is 20.6. The van der Waals surface area contributed by atoms with Crippen molar-refractivity contribution in [1.29, 1.82) is 0 Å². The molecule has 1 aliphatic rings. The summed E-state index contributed by atoms with van der Waals surface area (Å²) in [6.45, 7) is -0.289. The number of hydrogen-bond donors (Lipinski definition) is 1. The van der Waals surface area contributed by atoms with E-state index in [2.05, 4.69) is 0 Å². The standard InChI is InChI=1S/C18H18ClFO3S/c19-14-4-7-16(8-5-14)24(22,23)18(10-11-21)9-1-2-13-3-6-15(20)12-17(13)18/h3-8,12,21H,1-2,9-11H2. The Labute approximate surface area is 146 Å². The van der Waals surface area contributed by atoms with Crippen molar-refractivity contribution in [3.63, 3.8) is 0 Å². The molecule has 0 aliphatic heterocycles. The predicted octanol–water partition coefficient (Wildman–Crippen LogP) is 3.87. The Kier molecular flexibility index (Phi) is 4.69. The van der Waals surface area contributed by atoms with Crippen LogP contribution in [0.1, 0.15) is 30.4 Å². The van der Waals surface area contributed by atoms with Crippen molar-refractivity contribution in [2.45, 2.75) is 35.3 Å². The Hall–Kier alpha value is -1.43. The van der Waals surface area contributed by atoms with Crippen LogP contribution < -0.4 is 0 Å². The molecule has 0 fully saturated rings. The van der Waals surface area contributed by atoms with Gasteiger partial charge in [-0.25, -0.2) is 12.8 Å². The van der Waals surface area contributed by atoms with E-state index >= 15 is 0 Å². The van der Waals surface area contributed by atoms with Crippen molar-refractivity contribution in [1.82, 2.24) is 0 Å². The van der Waals surface area contributed by atoms with Crippen molar-refractivity contribution >= 4 is 21.4 Å². The fraction of sp³-hybridized carbons (Fsp3) is 0.333. The van der Waals surface area contributed by atoms with Crippen LogP contribution in [0.5, 0.6) is 0 Å². The molecule has 3 rings (SSSR count).